The molecule has 5 rings (SSSR count). The van der Waals surface area contributed by atoms with Gasteiger partial charge in [-0.15, -0.1) is 0 Å². The molecule has 7 nitrogen and oxygen atoms in total. The van der Waals surface area contributed by atoms with Crippen LogP contribution in [-0.4, -0.2) is 59.0 Å². The molecule has 8 heteroatoms. The third kappa shape index (κ3) is 3.10. The van der Waals surface area contributed by atoms with Gasteiger partial charge in [-0.1, -0.05) is 0 Å². The van der Waals surface area contributed by atoms with Crippen molar-refractivity contribution in [3.05, 3.63) is 60.2 Å². The summed E-state index contributed by atoms with van der Waals surface area (Å²) in [6.45, 7) is 2.43. The van der Waals surface area contributed by atoms with E-state index < -0.39 is 0 Å². The van der Waals surface area contributed by atoms with Crippen LogP contribution in [-0.2, 0) is 0 Å². The summed E-state index contributed by atoms with van der Waals surface area (Å²) in [7, 11) is 1.64. The summed E-state index contributed by atoms with van der Waals surface area (Å²) in [5.41, 5.74) is 3.19. The van der Waals surface area contributed by atoms with Crippen molar-refractivity contribution in [2.24, 2.45) is 0 Å². The fourth-order valence-electron chi connectivity index (χ4n) is 3.92. The van der Waals surface area contributed by atoms with Crippen LogP contribution in [0.4, 0.5) is 10.2 Å². The number of H-pyrrole nitrogens is 1. The number of methoxy groups -OCH3 is 1. The van der Waals surface area contributed by atoms with Gasteiger partial charge in [-0.3, -0.25) is 4.79 Å². The average Bonchev–Trinajstić information content (AvgIpc) is 3.17. The smallest absolute Gasteiger partial charge is 0.253 e. The van der Waals surface area contributed by atoms with Gasteiger partial charge in [0.25, 0.3) is 5.91 Å². The standard InChI is InChI=1S/C22H20FN5O2/c1-30-16-6-7-18-17(12-16)19-20(26-18)21(25-13-24-19)27-8-10-28(11-9-27)22(29)14-2-4-15(23)5-3-14/h2-7,12-13,26H,8-11H2,1H3. The molecule has 0 aliphatic carbocycles. The minimum atomic E-state index is -0.347. The highest BCUT2D eigenvalue weighted by Gasteiger charge is 2.25. The summed E-state index contributed by atoms with van der Waals surface area (Å²) in [6.07, 6.45) is 1.57. The first-order chi connectivity index (χ1) is 14.6. The fraction of sp³-hybridized carbons (Fsp3) is 0.227. The summed E-state index contributed by atoms with van der Waals surface area (Å²) in [4.78, 5) is 29.0. The lowest BCUT2D eigenvalue weighted by molar-refractivity contribution is 0.0746. The minimum Gasteiger partial charge on any atom is -0.497 e. The Bertz CT molecular complexity index is 1230. The highest BCUT2D eigenvalue weighted by molar-refractivity contribution is 6.08. The summed E-state index contributed by atoms with van der Waals surface area (Å²) < 4.78 is 18.5. The van der Waals surface area contributed by atoms with Crippen LogP contribution in [0.2, 0.25) is 0 Å². The van der Waals surface area contributed by atoms with E-state index in [9.17, 15) is 9.18 Å². The molecule has 0 unspecified atom stereocenters. The predicted octanol–water partition coefficient (Wildman–Crippen LogP) is 3.22. The number of hydrogen-bond donors (Lipinski definition) is 1. The molecule has 30 heavy (non-hydrogen) atoms. The monoisotopic (exact) mass is 405 g/mol. The molecule has 1 aliphatic rings. The fourth-order valence-corrected chi connectivity index (χ4v) is 3.92. The first kappa shape index (κ1) is 18.4. The molecule has 1 fully saturated rings. The Morgan fingerprint density at radius 2 is 1.83 bits per heavy atom. The number of carbonyl (C=O) groups excluding carboxylic acids is 1. The Balaban J connectivity index is 1.39. The van der Waals surface area contributed by atoms with Gasteiger partial charge in [0.15, 0.2) is 5.82 Å². The van der Waals surface area contributed by atoms with Gasteiger partial charge in [-0.05, 0) is 42.5 Å². The molecular weight excluding hydrogens is 385 g/mol. The zero-order valence-corrected chi connectivity index (χ0v) is 16.4. The Morgan fingerprint density at radius 3 is 2.57 bits per heavy atom. The van der Waals surface area contributed by atoms with Crippen LogP contribution in [0.25, 0.3) is 21.9 Å². The number of hydrogen-bond acceptors (Lipinski definition) is 5. The van der Waals surface area contributed by atoms with E-state index in [1.54, 1.807) is 18.3 Å². The van der Waals surface area contributed by atoms with Gasteiger partial charge in [0.05, 0.1) is 7.11 Å². The molecule has 152 valence electrons. The second-order valence-corrected chi connectivity index (χ2v) is 7.24. The number of ether oxygens (including phenoxy) is 1. The Hall–Kier alpha value is -3.68. The van der Waals surface area contributed by atoms with Crippen molar-refractivity contribution in [2.45, 2.75) is 0 Å². The summed E-state index contributed by atoms with van der Waals surface area (Å²) in [5, 5.41) is 0.984. The highest BCUT2D eigenvalue weighted by atomic mass is 19.1. The van der Waals surface area contributed by atoms with Crippen molar-refractivity contribution in [3.8, 4) is 5.75 Å². The largest absolute Gasteiger partial charge is 0.497 e. The summed E-state index contributed by atoms with van der Waals surface area (Å²) in [5.74, 6) is 1.17. The molecule has 2 aromatic carbocycles. The molecular formula is C22H20FN5O2. The van der Waals surface area contributed by atoms with Gasteiger partial charge in [-0.25, -0.2) is 14.4 Å². The number of carbonyl (C=O) groups is 1. The lowest BCUT2D eigenvalue weighted by Gasteiger charge is -2.35. The van der Waals surface area contributed by atoms with E-state index in [4.69, 9.17) is 4.74 Å². The lowest BCUT2D eigenvalue weighted by Crippen LogP contribution is -2.49. The number of nitrogens with zero attached hydrogens (tertiary/aromatic N) is 4. The van der Waals surface area contributed by atoms with Crippen LogP contribution in [0.15, 0.2) is 48.8 Å². The highest BCUT2D eigenvalue weighted by Crippen LogP contribution is 2.31. The van der Waals surface area contributed by atoms with Crippen LogP contribution >= 0.6 is 0 Å². The van der Waals surface area contributed by atoms with Gasteiger partial charge in [0.2, 0.25) is 0 Å². The van der Waals surface area contributed by atoms with E-state index in [1.807, 2.05) is 18.2 Å². The Morgan fingerprint density at radius 1 is 1.07 bits per heavy atom. The van der Waals surface area contributed by atoms with Crippen LogP contribution in [0.5, 0.6) is 5.75 Å². The van der Waals surface area contributed by atoms with Crippen molar-refractivity contribution in [3.63, 3.8) is 0 Å². The minimum absolute atomic E-state index is 0.0832. The lowest BCUT2D eigenvalue weighted by atomic mass is 10.1. The van der Waals surface area contributed by atoms with E-state index in [-0.39, 0.29) is 11.7 Å². The molecule has 0 bridgehead atoms. The predicted molar refractivity (Wildman–Crippen MR) is 112 cm³/mol. The number of rotatable bonds is 3. The van der Waals surface area contributed by atoms with Gasteiger partial charge in [0.1, 0.15) is 28.9 Å². The van der Waals surface area contributed by atoms with Crippen LogP contribution < -0.4 is 9.64 Å². The quantitative estimate of drug-likeness (QED) is 0.567. The van der Waals surface area contributed by atoms with E-state index in [0.29, 0.717) is 31.7 Å². The van der Waals surface area contributed by atoms with Crippen LogP contribution in [0, 0.1) is 5.82 Å². The molecule has 1 saturated heterocycles. The molecule has 0 atom stereocenters. The number of aromatic amines is 1. The van der Waals surface area contributed by atoms with Gasteiger partial charge < -0.3 is 19.5 Å². The van der Waals surface area contributed by atoms with E-state index in [0.717, 1.165) is 33.5 Å². The normalized spacial score (nSPS) is 14.5. The molecule has 0 radical (unpaired) electrons. The van der Waals surface area contributed by atoms with Gasteiger partial charge >= 0.3 is 0 Å². The SMILES string of the molecule is COc1ccc2[nH]c3c(N4CCN(C(=O)c5ccc(F)cc5)CC4)ncnc3c2c1. The van der Waals surface area contributed by atoms with Crippen molar-refractivity contribution in [1.82, 2.24) is 19.9 Å². The number of nitrogens with one attached hydrogen (secondary N) is 1. The summed E-state index contributed by atoms with van der Waals surface area (Å²) >= 11 is 0. The number of fused-ring (bicyclic) bond motifs is 3. The van der Waals surface area contributed by atoms with Crippen molar-refractivity contribution in [2.75, 3.05) is 38.2 Å². The molecule has 1 aliphatic heterocycles. The van der Waals surface area contributed by atoms with Crippen LogP contribution in [0.3, 0.4) is 0 Å². The van der Waals surface area contributed by atoms with E-state index >= 15 is 0 Å². The molecule has 3 heterocycles. The average molecular weight is 405 g/mol. The first-order valence-corrected chi connectivity index (χ1v) is 9.74. The van der Waals surface area contributed by atoms with Crippen molar-refractivity contribution < 1.29 is 13.9 Å². The number of amides is 1. The Labute approximate surface area is 172 Å². The Kier molecular flexibility index (Phi) is 4.46. The third-order valence-electron chi connectivity index (χ3n) is 5.53. The zero-order chi connectivity index (χ0) is 20.7. The third-order valence-corrected chi connectivity index (χ3v) is 5.53. The van der Waals surface area contributed by atoms with Crippen LogP contribution in [0.1, 0.15) is 10.4 Å². The second-order valence-electron chi connectivity index (χ2n) is 7.24. The number of aromatic nitrogens is 3. The zero-order valence-electron chi connectivity index (χ0n) is 16.4. The first-order valence-electron chi connectivity index (χ1n) is 9.74. The number of piperazine rings is 1. The summed E-state index contributed by atoms with van der Waals surface area (Å²) in [6, 6.07) is 11.5. The number of anilines is 1. The maximum absolute atomic E-state index is 13.1. The maximum atomic E-state index is 13.1. The number of halogens is 1. The van der Waals surface area contributed by atoms with E-state index in [1.165, 1.54) is 24.3 Å². The molecule has 0 saturated carbocycles. The molecule has 4 aromatic rings. The topological polar surface area (TPSA) is 74.3 Å². The van der Waals surface area contributed by atoms with Gasteiger partial charge in [-0.2, -0.15) is 0 Å². The molecule has 1 amide bonds. The van der Waals surface area contributed by atoms with E-state index in [2.05, 4.69) is 19.9 Å². The maximum Gasteiger partial charge on any atom is 0.253 e. The molecule has 1 N–H and O–H groups in total. The van der Waals surface area contributed by atoms with Crippen molar-refractivity contribution in [1.29, 1.82) is 0 Å². The van der Waals surface area contributed by atoms with Crippen molar-refractivity contribution >= 4 is 33.7 Å². The molecule has 2 aromatic heterocycles. The molecule has 0 spiro atoms. The van der Waals surface area contributed by atoms with Gasteiger partial charge in [0, 0.05) is 42.6 Å². The second kappa shape index (κ2) is 7.29. The number of benzene rings is 2.